The maximum absolute atomic E-state index is 12.0. The topological polar surface area (TPSA) is 49.8 Å². The van der Waals surface area contributed by atoms with Crippen LogP contribution in [0.1, 0.15) is 38.5 Å². The molecule has 25 heavy (non-hydrogen) atoms. The summed E-state index contributed by atoms with van der Waals surface area (Å²) in [5.41, 5.74) is 0.0200. The molecule has 0 heterocycles. The zero-order valence-electron chi connectivity index (χ0n) is 15.1. The Hall–Kier alpha value is -1.65. The lowest BCUT2D eigenvalue weighted by Gasteiger charge is -2.33. The highest BCUT2D eigenvalue weighted by molar-refractivity contribution is 5.79. The minimum Gasteiger partial charge on any atom is -0.467 e. The van der Waals surface area contributed by atoms with E-state index in [4.69, 9.17) is 4.74 Å². The molecule has 3 aliphatic rings. The van der Waals surface area contributed by atoms with Crippen molar-refractivity contribution >= 4 is 5.97 Å². The van der Waals surface area contributed by atoms with E-state index in [0.29, 0.717) is 18.8 Å². The minimum atomic E-state index is -1.32. The zero-order valence-corrected chi connectivity index (χ0v) is 15.1. The first-order valence-corrected chi connectivity index (χ1v) is 9.34. The predicted octanol–water partition coefficient (Wildman–Crippen LogP) is 3.15. The summed E-state index contributed by atoms with van der Waals surface area (Å²) < 4.78 is 4.81. The van der Waals surface area contributed by atoms with Gasteiger partial charge in [0.05, 0.1) is 7.11 Å². The van der Waals surface area contributed by atoms with E-state index >= 15 is 0 Å². The van der Waals surface area contributed by atoms with E-state index < -0.39 is 11.6 Å². The molecule has 3 rings (SSSR count). The smallest absolute Gasteiger partial charge is 0.337 e. The summed E-state index contributed by atoms with van der Waals surface area (Å²) in [7, 11) is 1.35. The van der Waals surface area contributed by atoms with E-state index in [1.54, 1.807) is 0 Å². The largest absolute Gasteiger partial charge is 0.467 e. The van der Waals surface area contributed by atoms with Gasteiger partial charge >= 0.3 is 5.97 Å². The van der Waals surface area contributed by atoms with Crippen LogP contribution in [0, 0.1) is 5.92 Å². The summed E-state index contributed by atoms with van der Waals surface area (Å²) in [6.07, 6.45) is 20.5. The van der Waals surface area contributed by atoms with Crippen LogP contribution in [0.5, 0.6) is 0 Å². The molecule has 3 aliphatic carbocycles. The molecule has 136 valence electrons. The number of ether oxygens (including phenoxy) is 1. The number of esters is 1. The second kappa shape index (κ2) is 8.15. The Labute approximate surface area is 150 Å². The first kappa shape index (κ1) is 18.2. The average molecular weight is 343 g/mol. The van der Waals surface area contributed by atoms with Crippen molar-refractivity contribution in [1.82, 2.24) is 4.90 Å². The third kappa shape index (κ3) is 4.50. The lowest BCUT2D eigenvalue weighted by atomic mass is 9.97. The molecule has 0 aromatic rings. The van der Waals surface area contributed by atoms with Gasteiger partial charge in [-0.3, -0.25) is 4.90 Å². The van der Waals surface area contributed by atoms with Crippen molar-refractivity contribution in [3.05, 3.63) is 48.1 Å². The van der Waals surface area contributed by atoms with Gasteiger partial charge in [0.25, 0.3) is 0 Å². The summed E-state index contributed by atoms with van der Waals surface area (Å²) in [4.78, 5) is 14.4. The molecule has 0 aromatic carbocycles. The Bertz CT molecular complexity index is 604. The Morgan fingerprint density at radius 1 is 1.36 bits per heavy atom. The molecule has 2 unspecified atom stereocenters. The molecule has 4 heteroatoms. The molecular formula is C21H29NO3. The quantitative estimate of drug-likeness (QED) is 0.753. The van der Waals surface area contributed by atoms with Gasteiger partial charge in [0.2, 0.25) is 0 Å². The highest BCUT2D eigenvalue weighted by Crippen LogP contribution is 2.35. The second-order valence-electron chi connectivity index (χ2n) is 7.42. The van der Waals surface area contributed by atoms with Gasteiger partial charge in [-0.1, -0.05) is 42.5 Å². The molecular weight excluding hydrogens is 314 g/mol. The number of carbonyl (C=O) groups excluding carboxylic acids is 1. The van der Waals surface area contributed by atoms with Crippen molar-refractivity contribution < 1.29 is 14.6 Å². The molecule has 0 bridgehead atoms. The maximum Gasteiger partial charge on any atom is 0.337 e. The number of aliphatic hydroxyl groups is 1. The van der Waals surface area contributed by atoms with Crippen LogP contribution >= 0.6 is 0 Å². The van der Waals surface area contributed by atoms with Gasteiger partial charge in [-0.25, -0.2) is 4.79 Å². The molecule has 0 aromatic heterocycles. The summed E-state index contributed by atoms with van der Waals surface area (Å²) in [6.45, 7) is 1.83. The number of hydrogen-bond acceptors (Lipinski definition) is 4. The van der Waals surface area contributed by atoms with Gasteiger partial charge in [0.1, 0.15) is 0 Å². The van der Waals surface area contributed by atoms with Gasteiger partial charge in [0, 0.05) is 25.6 Å². The van der Waals surface area contributed by atoms with Crippen molar-refractivity contribution in [2.75, 3.05) is 20.2 Å². The van der Waals surface area contributed by atoms with Gasteiger partial charge in [-0.05, 0) is 43.6 Å². The summed E-state index contributed by atoms with van der Waals surface area (Å²) in [5.74, 6) is -0.00258. The number of carbonyl (C=O) groups is 1. The third-order valence-corrected chi connectivity index (χ3v) is 5.54. The first-order chi connectivity index (χ1) is 12.1. The summed E-state index contributed by atoms with van der Waals surface area (Å²) >= 11 is 0. The van der Waals surface area contributed by atoms with Crippen LogP contribution in [-0.2, 0) is 9.53 Å². The molecule has 0 saturated heterocycles. The predicted molar refractivity (Wildman–Crippen MR) is 99.0 cm³/mol. The van der Waals surface area contributed by atoms with Crippen LogP contribution in [0.2, 0.25) is 0 Å². The SMILES string of the molecule is COC(=O)C1(O)CC[C@H](N(CC2=CCCC=C2)CC2C=CC=CC2)C1. The fourth-order valence-electron chi connectivity index (χ4n) is 4.12. The number of nitrogens with zero attached hydrogens (tertiary/aromatic N) is 1. The van der Waals surface area contributed by atoms with Crippen molar-refractivity contribution in [2.45, 2.75) is 50.2 Å². The Kier molecular flexibility index (Phi) is 5.92. The fourth-order valence-corrected chi connectivity index (χ4v) is 4.12. The normalized spacial score (nSPS) is 31.4. The van der Waals surface area contributed by atoms with Crippen molar-refractivity contribution in [2.24, 2.45) is 5.92 Å². The zero-order chi connectivity index (χ0) is 17.7. The van der Waals surface area contributed by atoms with E-state index in [9.17, 15) is 9.90 Å². The summed E-state index contributed by atoms with van der Waals surface area (Å²) in [5, 5.41) is 10.6. The number of allylic oxidation sites excluding steroid dienone is 5. The highest BCUT2D eigenvalue weighted by atomic mass is 16.5. The monoisotopic (exact) mass is 343 g/mol. The standard InChI is InChI=1S/C21H29NO3/c1-25-20(23)21(24)13-12-19(14-21)22(15-17-8-4-2-5-9-17)16-18-10-6-3-7-11-18/h2,4-6,8,10-11,17,19,24H,3,7,9,12-16H2,1H3/t17?,19-,21?/m0/s1. The number of methoxy groups -OCH3 is 1. The van der Waals surface area contributed by atoms with Gasteiger partial charge < -0.3 is 9.84 Å². The minimum absolute atomic E-state index is 0.208. The third-order valence-electron chi connectivity index (χ3n) is 5.54. The Morgan fingerprint density at radius 3 is 2.92 bits per heavy atom. The van der Waals surface area contributed by atoms with Crippen LogP contribution in [0.3, 0.4) is 0 Å². The van der Waals surface area contributed by atoms with Gasteiger partial charge in [0.15, 0.2) is 5.60 Å². The fraction of sp³-hybridized carbons (Fsp3) is 0.571. The summed E-state index contributed by atoms with van der Waals surface area (Å²) in [6, 6.07) is 0.208. The van der Waals surface area contributed by atoms with E-state index in [0.717, 1.165) is 38.8 Å². The second-order valence-corrected chi connectivity index (χ2v) is 7.42. The molecule has 0 spiro atoms. The lowest BCUT2D eigenvalue weighted by molar-refractivity contribution is -0.162. The van der Waals surface area contributed by atoms with Crippen molar-refractivity contribution in [1.29, 1.82) is 0 Å². The maximum atomic E-state index is 12.0. The number of rotatable bonds is 6. The Balaban J connectivity index is 1.70. The molecule has 0 aliphatic heterocycles. The van der Waals surface area contributed by atoms with Crippen LogP contribution in [0.4, 0.5) is 0 Å². The van der Waals surface area contributed by atoms with Gasteiger partial charge in [-0.2, -0.15) is 0 Å². The van der Waals surface area contributed by atoms with Crippen LogP contribution in [0.15, 0.2) is 48.1 Å². The Morgan fingerprint density at radius 2 is 2.24 bits per heavy atom. The number of hydrogen-bond donors (Lipinski definition) is 1. The first-order valence-electron chi connectivity index (χ1n) is 9.34. The highest BCUT2D eigenvalue weighted by Gasteiger charge is 2.46. The average Bonchev–Trinajstić information content (AvgIpc) is 3.06. The van der Waals surface area contributed by atoms with E-state index in [1.165, 1.54) is 12.7 Å². The molecule has 3 atom stereocenters. The van der Waals surface area contributed by atoms with E-state index in [-0.39, 0.29) is 6.04 Å². The van der Waals surface area contributed by atoms with Crippen LogP contribution in [0.25, 0.3) is 0 Å². The van der Waals surface area contributed by atoms with E-state index in [1.807, 2.05) is 0 Å². The lowest BCUT2D eigenvalue weighted by Crippen LogP contribution is -2.42. The van der Waals surface area contributed by atoms with Crippen LogP contribution < -0.4 is 0 Å². The van der Waals surface area contributed by atoms with E-state index in [2.05, 4.69) is 47.4 Å². The van der Waals surface area contributed by atoms with Gasteiger partial charge in [-0.15, -0.1) is 0 Å². The van der Waals surface area contributed by atoms with Crippen LogP contribution in [-0.4, -0.2) is 47.8 Å². The van der Waals surface area contributed by atoms with Crippen molar-refractivity contribution in [3.8, 4) is 0 Å². The van der Waals surface area contributed by atoms with Crippen molar-refractivity contribution in [3.63, 3.8) is 0 Å². The molecule has 0 radical (unpaired) electrons. The molecule has 0 amide bonds. The molecule has 1 saturated carbocycles. The molecule has 1 fully saturated rings. The molecule has 4 nitrogen and oxygen atoms in total. The molecule has 1 N–H and O–H groups in total.